The smallest absolute Gasteiger partial charge is 0.297 e. The van der Waals surface area contributed by atoms with E-state index in [1.54, 1.807) is 24.3 Å². The van der Waals surface area contributed by atoms with E-state index in [2.05, 4.69) is 24.4 Å². The molecule has 0 bridgehead atoms. The zero-order valence-corrected chi connectivity index (χ0v) is 16.2. The highest BCUT2D eigenvalue weighted by Gasteiger charge is 2.31. The Morgan fingerprint density at radius 2 is 1.73 bits per heavy atom. The lowest BCUT2D eigenvalue weighted by molar-refractivity contribution is 0.113. The van der Waals surface area contributed by atoms with Crippen LogP contribution in [0.15, 0.2) is 59.5 Å². The van der Waals surface area contributed by atoms with Gasteiger partial charge < -0.3 is 5.32 Å². The van der Waals surface area contributed by atoms with E-state index in [0.717, 1.165) is 31.4 Å². The first-order valence-electron chi connectivity index (χ1n) is 9.21. The van der Waals surface area contributed by atoms with Gasteiger partial charge >= 0.3 is 0 Å². The first-order chi connectivity index (χ1) is 12.4. The third-order valence-electron chi connectivity index (χ3n) is 5.10. The average molecular weight is 374 g/mol. The van der Waals surface area contributed by atoms with Crippen LogP contribution in [0, 0.1) is 12.8 Å². The Kier molecular flexibility index (Phi) is 6.12. The van der Waals surface area contributed by atoms with E-state index in [0.29, 0.717) is 12.0 Å². The van der Waals surface area contributed by atoms with E-state index in [-0.39, 0.29) is 11.0 Å². The van der Waals surface area contributed by atoms with Crippen LogP contribution in [0.3, 0.4) is 0 Å². The van der Waals surface area contributed by atoms with Gasteiger partial charge in [-0.1, -0.05) is 55.0 Å². The van der Waals surface area contributed by atoms with Gasteiger partial charge in [-0.15, -0.1) is 0 Å². The fourth-order valence-corrected chi connectivity index (χ4v) is 4.64. The molecule has 0 aliphatic heterocycles. The summed E-state index contributed by atoms with van der Waals surface area (Å²) in [6.45, 7) is 4.93. The standard InChI is InChI=1S/C21H27NO3S/c1-16-8-11-20(12-9-16)26(23,24)25-19-10-13-21(17(2)14-19)22-15-18-6-4-3-5-7-18/h3-9,11-12,17,19,21-22H,10,13-15H2,1-2H3. The summed E-state index contributed by atoms with van der Waals surface area (Å²) < 4.78 is 30.5. The van der Waals surface area contributed by atoms with Crippen molar-refractivity contribution in [1.29, 1.82) is 0 Å². The molecule has 0 saturated heterocycles. The molecule has 5 heteroatoms. The zero-order chi connectivity index (χ0) is 18.6. The van der Waals surface area contributed by atoms with Crippen LogP contribution < -0.4 is 5.32 Å². The molecule has 0 aromatic heterocycles. The van der Waals surface area contributed by atoms with Crippen molar-refractivity contribution in [1.82, 2.24) is 5.32 Å². The van der Waals surface area contributed by atoms with Crippen LogP contribution in [0.2, 0.25) is 0 Å². The maximum absolute atomic E-state index is 12.5. The molecule has 0 radical (unpaired) electrons. The molecule has 1 saturated carbocycles. The van der Waals surface area contributed by atoms with Crippen molar-refractivity contribution in [2.24, 2.45) is 5.92 Å². The van der Waals surface area contributed by atoms with Crippen molar-refractivity contribution in [3.05, 3.63) is 65.7 Å². The van der Waals surface area contributed by atoms with Crippen LogP contribution in [0.5, 0.6) is 0 Å². The van der Waals surface area contributed by atoms with Gasteiger partial charge in [-0.2, -0.15) is 8.42 Å². The minimum Gasteiger partial charge on any atom is -0.310 e. The number of rotatable bonds is 6. The summed E-state index contributed by atoms with van der Waals surface area (Å²) in [5, 5.41) is 3.60. The first-order valence-corrected chi connectivity index (χ1v) is 10.6. The maximum Gasteiger partial charge on any atom is 0.297 e. The molecule has 4 nitrogen and oxygen atoms in total. The monoisotopic (exact) mass is 373 g/mol. The molecule has 3 atom stereocenters. The molecular weight excluding hydrogens is 346 g/mol. The minimum absolute atomic E-state index is 0.236. The van der Waals surface area contributed by atoms with Gasteiger partial charge in [-0.3, -0.25) is 4.18 Å². The highest BCUT2D eigenvalue weighted by molar-refractivity contribution is 7.86. The number of benzene rings is 2. The second-order valence-corrected chi connectivity index (χ2v) is 8.82. The molecule has 1 aliphatic carbocycles. The van der Waals surface area contributed by atoms with E-state index < -0.39 is 10.1 Å². The Morgan fingerprint density at radius 1 is 1.04 bits per heavy atom. The molecule has 0 amide bonds. The van der Waals surface area contributed by atoms with Gasteiger partial charge in [-0.05, 0) is 49.8 Å². The third-order valence-corrected chi connectivity index (χ3v) is 6.48. The molecular formula is C21H27NO3S. The van der Waals surface area contributed by atoms with Gasteiger partial charge in [-0.25, -0.2) is 0 Å². The topological polar surface area (TPSA) is 55.4 Å². The lowest BCUT2D eigenvalue weighted by Gasteiger charge is -2.34. The molecule has 1 N–H and O–H groups in total. The molecule has 0 spiro atoms. The van der Waals surface area contributed by atoms with Crippen LogP contribution in [-0.2, 0) is 20.8 Å². The Bertz CT molecular complexity index is 803. The fourth-order valence-electron chi connectivity index (χ4n) is 3.52. The van der Waals surface area contributed by atoms with E-state index in [9.17, 15) is 8.42 Å². The molecule has 2 aromatic carbocycles. The van der Waals surface area contributed by atoms with Crippen molar-refractivity contribution < 1.29 is 12.6 Å². The van der Waals surface area contributed by atoms with Gasteiger partial charge in [0, 0.05) is 12.6 Å². The zero-order valence-electron chi connectivity index (χ0n) is 15.4. The molecule has 3 unspecified atom stereocenters. The first kappa shape index (κ1) is 19.1. The van der Waals surface area contributed by atoms with Crippen molar-refractivity contribution in [3.8, 4) is 0 Å². The maximum atomic E-state index is 12.5. The predicted octanol–water partition coefficient (Wildman–Crippen LogP) is 4.05. The Labute approximate surface area is 156 Å². The molecule has 2 aromatic rings. The van der Waals surface area contributed by atoms with Crippen LogP contribution in [0.1, 0.15) is 37.3 Å². The van der Waals surface area contributed by atoms with Crippen molar-refractivity contribution in [3.63, 3.8) is 0 Å². The highest BCUT2D eigenvalue weighted by atomic mass is 32.2. The number of nitrogens with one attached hydrogen (secondary N) is 1. The molecule has 3 rings (SSSR count). The number of hydrogen-bond acceptors (Lipinski definition) is 4. The quantitative estimate of drug-likeness (QED) is 0.776. The van der Waals surface area contributed by atoms with Crippen molar-refractivity contribution in [2.45, 2.75) is 56.7 Å². The highest BCUT2D eigenvalue weighted by Crippen LogP contribution is 2.29. The van der Waals surface area contributed by atoms with E-state index in [4.69, 9.17) is 4.18 Å². The van der Waals surface area contributed by atoms with Gasteiger partial charge in [0.25, 0.3) is 10.1 Å². The van der Waals surface area contributed by atoms with Crippen LogP contribution >= 0.6 is 0 Å². The normalized spacial score (nSPS) is 23.7. The summed E-state index contributed by atoms with van der Waals surface area (Å²) in [6, 6.07) is 17.5. The number of aryl methyl sites for hydroxylation is 1. The number of hydrogen-bond donors (Lipinski definition) is 1. The molecule has 0 heterocycles. The van der Waals surface area contributed by atoms with Gasteiger partial charge in [0.1, 0.15) is 0 Å². The Hall–Kier alpha value is -1.69. The van der Waals surface area contributed by atoms with E-state index >= 15 is 0 Å². The molecule has 140 valence electrons. The van der Waals surface area contributed by atoms with Crippen LogP contribution in [0.25, 0.3) is 0 Å². The minimum atomic E-state index is -3.69. The Morgan fingerprint density at radius 3 is 2.38 bits per heavy atom. The lowest BCUT2D eigenvalue weighted by Crippen LogP contribution is -2.41. The summed E-state index contributed by atoms with van der Waals surface area (Å²) >= 11 is 0. The van der Waals surface area contributed by atoms with E-state index in [1.165, 1.54) is 5.56 Å². The lowest BCUT2D eigenvalue weighted by atomic mass is 9.84. The molecule has 26 heavy (non-hydrogen) atoms. The predicted molar refractivity (Wildman–Crippen MR) is 103 cm³/mol. The fraction of sp³-hybridized carbons (Fsp3) is 0.429. The molecule has 1 aliphatic rings. The largest absolute Gasteiger partial charge is 0.310 e. The second-order valence-electron chi connectivity index (χ2n) is 7.25. The van der Waals surface area contributed by atoms with Crippen molar-refractivity contribution in [2.75, 3.05) is 0 Å². The molecule has 1 fully saturated rings. The summed E-state index contributed by atoms with van der Waals surface area (Å²) in [5.41, 5.74) is 2.29. The van der Waals surface area contributed by atoms with Crippen LogP contribution in [-0.4, -0.2) is 20.6 Å². The van der Waals surface area contributed by atoms with E-state index in [1.807, 2.05) is 25.1 Å². The summed E-state index contributed by atoms with van der Waals surface area (Å²) in [4.78, 5) is 0.236. The van der Waals surface area contributed by atoms with Gasteiger partial charge in [0.05, 0.1) is 11.0 Å². The van der Waals surface area contributed by atoms with Crippen molar-refractivity contribution >= 4 is 10.1 Å². The van der Waals surface area contributed by atoms with Crippen LogP contribution in [0.4, 0.5) is 0 Å². The van der Waals surface area contributed by atoms with Gasteiger partial charge in [0.15, 0.2) is 0 Å². The van der Waals surface area contributed by atoms with Gasteiger partial charge in [0.2, 0.25) is 0 Å². The summed E-state index contributed by atoms with van der Waals surface area (Å²) in [7, 11) is -3.69. The third kappa shape index (κ3) is 4.93. The SMILES string of the molecule is Cc1ccc(S(=O)(=O)OC2CCC(NCc3ccccc3)C(C)C2)cc1. The summed E-state index contributed by atoms with van der Waals surface area (Å²) in [5.74, 6) is 0.366. The second kappa shape index (κ2) is 8.33. The summed E-state index contributed by atoms with van der Waals surface area (Å²) in [6.07, 6.45) is 2.17. The average Bonchev–Trinajstić information content (AvgIpc) is 2.62. The Balaban J connectivity index is 1.54.